The van der Waals surface area contributed by atoms with Gasteiger partial charge in [0, 0.05) is 24.8 Å². The van der Waals surface area contributed by atoms with Crippen LogP contribution in [0.15, 0.2) is 36.8 Å². The number of methoxy groups -OCH3 is 1. The van der Waals surface area contributed by atoms with Crippen LogP contribution in [0.2, 0.25) is 0 Å². The maximum atomic E-state index is 11.9. The highest BCUT2D eigenvalue weighted by Gasteiger charge is 2.07. The monoisotopic (exact) mass is 289 g/mol. The molecule has 1 aromatic heterocycles. The van der Waals surface area contributed by atoms with Crippen molar-refractivity contribution in [2.75, 3.05) is 13.7 Å². The molecule has 0 fully saturated rings. The minimum absolute atomic E-state index is 0.0171. The molecule has 110 valence electrons. The van der Waals surface area contributed by atoms with Crippen LogP contribution in [-0.4, -0.2) is 40.2 Å². The average Bonchev–Trinajstić information content (AvgIpc) is 2.96. The third-order valence-electron chi connectivity index (χ3n) is 2.86. The van der Waals surface area contributed by atoms with Gasteiger partial charge < -0.3 is 19.7 Å². The predicted molar refractivity (Wildman–Crippen MR) is 74.5 cm³/mol. The number of amides is 1. The first kappa shape index (κ1) is 14.6. The van der Waals surface area contributed by atoms with Crippen LogP contribution in [0, 0.1) is 0 Å². The van der Waals surface area contributed by atoms with Gasteiger partial charge in [-0.2, -0.15) is 0 Å². The summed E-state index contributed by atoms with van der Waals surface area (Å²) in [5, 5.41) is 11.5. The SMILES string of the molecule is COc1ccc(C(=O)NCCn2cnc(C(=O)O)c2)cc1. The zero-order valence-corrected chi connectivity index (χ0v) is 11.4. The molecule has 0 bridgehead atoms. The van der Waals surface area contributed by atoms with Gasteiger partial charge in [0.25, 0.3) is 5.91 Å². The fourth-order valence-corrected chi connectivity index (χ4v) is 1.74. The number of nitrogens with one attached hydrogen (secondary N) is 1. The molecular formula is C14H15N3O4. The Kier molecular flexibility index (Phi) is 4.55. The van der Waals surface area contributed by atoms with Gasteiger partial charge in [0.05, 0.1) is 13.4 Å². The smallest absolute Gasteiger partial charge is 0.356 e. The van der Waals surface area contributed by atoms with E-state index < -0.39 is 5.97 Å². The first-order valence-corrected chi connectivity index (χ1v) is 6.27. The number of carboxylic acid groups (broad SMARTS) is 1. The Balaban J connectivity index is 1.84. The van der Waals surface area contributed by atoms with Crippen molar-refractivity contribution in [3.05, 3.63) is 48.0 Å². The summed E-state index contributed by atoms with van der Waals surface area (Å²) in [6, 6.07) is 6.77. The number of aromatic nitrogens is 2. The van der Waals surface area contributed by atoms with Gasteiger partial charge in [-0.3, -0.25) is 4.79 Å². The predicted octanol–water partition coefficient (Wildman–Crippen LogP) is 1.02. The van der Waals surface area contributed by atoms with Crippen molar-refractivity contribution in [1.82, 2.24) is 14.9 Å². The van der Waals surface area contributed by atoms with Crippen molar-refractivity contribution in [2.24, 2.45) is 0 Å². The lowest BCUT2D eigenvalue weighted by Crippen LogP contribution is -2.26. The Morgan fingerprint density at radius 1 is 1.33 bits per heavy atom. The molecule has 0 aliphatic carbocycles. The molecule has 1 amide bonds. The third-order valence-corrected chi connectivity index (χ3v) is 2.86. The number of carboxylic acids is 1. The highest BCUT2D eigenvalue weighted by atomic mass is 16.5. The van der Waals surface area contributed by atoms with Crippen LogP contribution in [0.4, 0.5) is 0 Å². The summed E-state index contributed by atoms with van der Waals surface area (Å²) in [5.41, 5.74) is 0.518. The number of rotatable bonds is 6. The van der Waals surface area contributed by atoms with Gasteiger partial charge >= 0.3 is 5.97 Å². The second-order valence-electron chi connectivity index (χ2n) is 4.29. The average molecular weight is 289 g/mol. The molecule has 1 heterocycles. The Bertz CT molecular complexity index is 634. The van der Waals surface area contributed by atoms with Gasteiger partial charge in [-0.05, 0) is 24.3 Å². The number of ether oxygens (including phenoxy) is 1. The summed E-state index contributed by atoms with van der Waals surface area (Å²) in [5.74, 6) is -0.585. The minimum atomic E-state index is -1.07. The van der Waals surface area contributed by atoms with E-state index in [9.17, 15) is 9.59 Å². The molecule has 0 unspecified atom stereocenters. The number of aromatic carboxylic acids is 1. The molecule has 21 heavy (non-hydrogen) atoms. The summed E-state index contributed by atoms with van der Waals surface area (Å²) in [6.45, 7) is 0.822. The molecule has 0 radical (unpaired) electrons. The van der Waals surface area contributed by atoms with Gasteiger partial charge in [0.2, 0.25) is 0 Å². The van der Waals surface area contributed by atoms with E-state index in [1.807, 2.05) is 0 Å². The molecule has 2 N–H and O–H groups in total. The standard InChI is InChI=1S/C14H15N3O4/c1-21-11-4-2-10(3-5-11)13(18)15-6-7-17-8-12(14(19)20)16-9-17/h2-5,8-9H,6-7H2,1H3,(H,15,18)(H,19,20). The molecule has 0 aliphatic rings. The van der Waals surface area contributed by atoms with Crippen molar-refractivity contribution in [3.8, 4) is 5.75 Å². The minimum Gasteiger partial charge on any atom is -0.497 e. The molecule has 0 aliphatic heterocycles. The van der Waals surface area contributed by atoms with Crippen molar-refractivity contribution in [1.29, 1.82) is 0 Å². The zero-order valence-electron chi connectivity index (χ0n) is 11.4. The summed E-state index contributed by atoms with van der Waals surface area (Å²) in [7, 11) is 1.56. The van der Waals surface area contributed by atoms with Crippen LogP contribution in [0.3, 0.4) is 0 Å². The lowest BCUT2D eigenvalue weighted by molar-refractivity contribution is 0.0690. The summed E-state index contributed by atoms with van der Waals surface area (Å²) >= 11 is 0. The van der Waals surface area contributed by atoms with E-state index in [0.717, 1.165) is 0 Å². The largest absolute Gasteiger partial charge is 0.497 e. The first-order chi connectivity index (χ1) is 10.1. The normalized spacial score (nSPS) is 10.1. The third kappa shape index (κ3) is 3.82. The van der Waals surface area contributed by atoms with Gasteiger partial charge in [0.1, 0.15) is 5.75 Å². The number of carbonyl (C=O) groups excluding carboxylic acids is 1. The number of carbonyl (C=O) groups is 2. The van der Waals surface area contributed by atoms with Gasteiger partial charge in [0.15, 0.2) is 5.69 Å². The number of nitrogens with zero attached hydrogens (tertiary/aromatic N) is 2. The molecule has 0 saturated carbocycles. The van der Waals surface area contributed by atoms with Gasteiger partial charge in [-0.15, -0.1) is 0 Å². The Labute approximate surface area is 121 Å². The van der Waals surface area contributed by atoms with E-state index in [-0.39, 0.29) is 11.6 Å². The molecule has 0 saturated heterocycles. The summed E-state index contributed by atoms with van der Waals surface area (Å²) < 4.78 is 6.63. The maximum Gasteiger partial charge on any atom is 0.356 e. The second kappa shape index (κ2) is 6.56. The van der Waals surface area contributed by atoms with Gasteiger partial charge in [-0.1, -0.05) is 0 Å². The fourth-order valence-electron chi connectivity index (χ4n) is 1.74. The van der Waals surface area contributed by atoms with Crippen LogP contribution in [0.5, 0.6) is 5.75 Å². The van der Waals surface area contributed by atoms with E-state index in [1.54, 1.807) is 35.9 Å². The first-order valence-electron chi connectivity index (χ1n) is 6.27. The molecule has 7 heteroatoms. The molecule has 0 spiro atoms. The highest BCUT2D eigenvalue weighted by Crippen LogP contribution is 2.10. The lowest BCUT2D eigenvalue weighted by Gasteiger charge is -2.06. The second-order valence-corrected chi connectivity index (χ2v) is 4.29. The Hall–Kier alpha value is -2.83. The van der Waals surface area contributed by atoms with Gasteiger partial charge in [-0.25, -0.2) is 9.78 Å². The van der Waals surface area contributed by atoms with E-state index in [1.165, 1.54) is 12.5 Å². The summed E-state index contributed by atoms with van der Waals surface area (Å²) in [6.07, 6.45) is 2.84. The van der Waals surface area contributed by atoms with Crippen LogP contribution in [0.25, 0.3) is 0 Å². The van der Waals surface area contributed by atoms with E-state index in [2.05, 4.69) is 10.3 Å². The van der Waals surface area contributed by atoms with E-state index >= 15 is 0 Å². The van der Waals surface area contributed by atoms with Crippen molar-refractivity contribution in [3.63, 3.8) is 0 Å². The van der Waals surface area contributed by atoms with E-state index in [4.69, 9.17) is 9.84 Å². The van der Waals surface area contributed by atoms with Crippen LogP contribution in [0.1, 0.15) is 20.8 Å². The lowest BCUT2D eigenvalue weighted by atomic mass is 10.2. The van der Waals surface area contributed by atoms with Crippen molar-refractivity contribution in [2.45, 2.75) is 6.54 Å². The molecular weight excluding hydrogens is 274 g/mol. The van der Waals surface area contributed by atoms with Crippen molar-refractivity contribution < 1.29 is 19.4 Å². The molecule has 1 aromatic carbocycles. The molecule has 2 rings (SSSR count). The van der Waals surface area contributed by atoms with Crippen LogP contribution in [-0.2, 0) is 6.54 Å². The number of benzene rings is 1. The maximum absolute atomic E-state index is 11.9. The van der Waals surface area contributed by atoms with Crippen molar-refractivity contribution >= 4 is 11.9 Å². The Morgan fingerprint density at radius 3 is 2.62 bits per heavy atom. The molecule has 0 atom stereocenters. The fraction of sp³-hybridized carbons (Fsp3) is 0.214. The number of hydrogen-bond acceptors (Lipinski definition) is 4. The number of hydrogen-bond donors (Lipinski definition) is 2. The molecule has 7 nitrogen and oxygen atoms in total. The molecule has 2 aromatic rings. The van der Waals surface area contributed by atoms with E-state index in [0.29, 0.717) is 24.4 Å². The zero-order chi connectivity index (χ0) is 15.2. The number of imidazole rings is 1. The topological polar surface area (TPSA) is 93.5 Å². The Morgan fingerprint density at radius 2 is 2.05 bits per heavy atom. The highest BCUT2D eigenvalue weighted by molar-refractivity contribution is 5.94. The summed E-state index contributed by atoms with van der Waals surface area (Å²) in [4.78, 5) is 26.3. The quantitative estimate of drug-likeness (QED) is 0.828. The van der Waals surface area contributed by atoms with Crippen LogP contribution < -0.4 is 10.1 Å². The van der Waals surface area contributed by atoms with Crippen LogP contribution >= 0.6 is 0 Å².